The molecule has 6 heteroatoms. The smallest absolute Gasteiger partial charge is 0.339 e. The van der Waals surface area contributed by atoms with Crippen molar-refractivity contribution in [2.45, 2.75) is 43.8 Å². The first-order valence-corrected chi connectivity index (χ1v) is 10.5. The number of fused-ring (bicyclic) bond motifs is 3. The Morgan fingerprint density at radius 3 is 2.30 bits per heavy atom. The molecule has 3 aliphatic heterocycles. The molecule has 6 rings (SSSR count). The first-order valence-electron chi connectivity index (χ1n) is 10.5. The van der Waals surface area contributed by atoms with Gasteiger partial charge in [0.25, 0.3) is 11.9 Å². The third-order valence-corrected chi connectivity index (χ3v) is 7.04. The fraction of sp³-hybridized carbons (Fsp3) is 0.375. The molecule has 30 heavy (non-hydrogen) atoms. The van der Waals surface area contributed by atoms with Crippen LogP contribution in [0.4, 0.5) is 0 Å². The van der Waals surface area contributed by atoms with Crippen LogP contribution in [0, 0.1) is 6.92 Å². The second-order valence-electron chi connectivity index (χ2n) is 8.79. The highest BCUT2D eigenvalue weighted by Gasteiger charge is 2.53. The van der Waals surface area contributed by atoms with E-state index in [1.807, 2.05) is 42.2 Å². The lowest BCUT2D eigenvalue weighted by molar-refractivity contribution is -0.130. The summed E-state index contributed by atoms with van der Waals surface area (Å²) < 4.78 is 12.1. The highest BCUT2D eigenvalue weighted by molar-refractivity contribution is 6.02. The summed E-state index contributed by atoms with van der Waals surface area (Å²) in [5, 5.41) is 0. The lowest BCUT2D eigenvalue weighted by Gasteiger charge is -2.39. The molecular weight excluding hydrogens is 380 g/mol. The number of ether oxygens (including phenoxy) is 2. The minimum atomic E-state index is -0.891. The molecule has 0 radical (unpaired) electrons. The standard InChI is InChI=1S/C24H22N2O4/c1-15-5-4-8-18-19(15)20(27)29-23(18)9-11-26(12-10-23)22-25-21(28)24(30-22)13-16-6-2-3-7-17(16)14-24/h2-8H,9-14H2,1H3. The van der Waals surface area contributed by atoms with E-state index >= 15 is 0 Å². The zero-order chi connectivity index (χ0) is 20.5. The second kappa shape index (κ2) is 5.94. The van der Waals surface area contributed by atoms with Crippen LogP contribution in [0.3, 0.4) is 0 Å². The number of piperidine rings is 1. The largest absolute Gasteiger partial charge is 0.450 e. The van der Waals surface area contributed by atoms with Gasteiger partial charge in [-0.15, -0.1) is 0 Å². The Kier molecular flexibility index (Phi) is 3.50. The van der Waals surface area contributed by atoms with Crippen LogP contribution in [0.1, 0.15) is 45.5 Å². The molecule has 1 aliphatic carbocycles. The maximum absolute atomic E-state index is 12.8. The summed E-state index contributed by atoms with van der Waals surface area (Å²) in [6.45, 7) is 3.19. The van der Waals surface area contributed by atoms with E-state index in [-0.39, 0.29) is 11.9 Å². The van der Waals surface area contributed by atoms with Crippen LogP contribution in [-0.4, -0.2) is 41.5 Å². The van der Waals surface area contributed by atoms with Gasteiger partial charge in [0.15, 0.2) is 0 Å². The second-order valence-corrected chi connectivity index (χ2v) is 8.79. The quantitative estimate of drug-likeness (QED) is 0.634. The Balaban J connectivity index is 1.21. The maximum Gasteiger partial charge on any atom is 0.339 e. The van der Waals surface area contributed by atoms with E-state index in [4.69, 9.17) is 9.47 Å². The van der Waals surface area contributed by atoms with Gasteiger partial charge in [0.1, 0.15) is 5.60 Å². The maximum atomic E-state index is 12.8. The minimum Gasteiger partial charge on any atom is -0.450 e. The average molecular weight is 402 g/mol. The van der Waals surface area contributed by atoms with Gasteiger partial charge in [0, 0.05) is 44.3 Å². The van der Waals surface area contributed by atoms with E-state index < -0.39 is 11.2 Å². The minimum absolute atomic E-state index is 0.192. The zero-order valence-corrected chi connectivity index (χ0v) is 16.8. The summed E-state index contributed by atoms with van der Waals surface area (Å²) in [7, 11) is 0. The first-order chi connectivity index (χ1) is 14.5. The van der Waals surface area contributed by atoms with Gasteiger partial charge in [-0.3, -0.25) is 4.79 Å². The molecule has 4 aliphatic rings. The molecule has 1 saturated heterocycles. The van der Waals surface area contributed by atoms with Gasteiger partial charge < -0.3 is 14.4 Å². The van der Waals surface area contributed by atoms with Gasteiger partial charge in [0.2, 0.25) is 5.60 Å². The van der Waals surface area contributed by atoms with Gasteiger partial charge >= 0.3 is 5.97 Å². The van der Waals surface area contributed by atoms with Crippen LogP contribution in [0.15, 0.2) is 47.5 Å². The number of carbonyl (C=O) groups excluding carboxylic acids is 2. The first kappa shape index (κ1) is 17.7. The Labute approximate surface area is 174 Å². The fourth-order valence-corrected chi connectivity index (χ4v) is 5.40. The summed E-state index contributed by atoms with van der Waals surface area (Å²) in [6.07, 6.45) is 2.44. The molecule has 2 aromatic rings. The number of likely N-dealkylation sites (tertiary alicyclic amines) is 1. The molecule has 152 valence electrons. The summed E-state index contributed by atoms with van der Waals surface area (Å²) in [5.74, 6) is -0.425. The number of hydrogen-bond acceptors (Lipinski definition) is 5. The van der Waals surface area contributed by atoms with Crippen LogP contribution in [0.5, 0.6) is 0 Å². The molecule has 0 bridgehead atoms. The highest BCUT2D eigenvalue weighted by atomic mass is 16.6. The predicted octanol–water partition coefficient (Wildman–Crippen LogP) is 2.91. The number of esters is 1. The number of benzene rings is 2. The number of aryl methyl sites for hydroxylation is 1. The predicted molar refractivity (Wildman–Crippen MR) is 109 cm³/mol. The summed E-state index contributed by atoms with van der Waals surface area (Å²) >= 11 is 0. The molecule has 0 N–H and O–H groups in total. The molecular formula is C24H22N2O4. The van der Waals surface area contributed by atoms with Crippen molar-refractivity contribution in [3.63, 3.8) is 0 Å². The van der Waals surface area contributed by atoms with Crippen molar-refractivity contribution in [2.24, 2.45) is 4.99 Å². The van der Waals surface area contributed by atoms with Crippen molar-refractivity contribution < 1.29 is 19.1 Å². The van der Waals surface area contributed by atoms with Gasteiger partial charge in [-0.25, -0.2) is 4.79 Å². The molecule has 0 unspecified atom stereocenters. The van der Waals surface area contributed by atoms with Crippen molar-refractivity contribution in [2.75, 3.05) is 13.1 Å². The Bertz CT molecular complexity index is 1100. The van der Waals surface area contributed by atoms with E-state index in [0.717, 1.165) is 22.3 Å². The van der Waals surface area contributed by atoms with Crippen molar-refractivity contribution in [3.8, 4) is 0 Å². The van der Waals surface area contributed by atoms with Crippen molar-refractivity contribution in [1.82, 2.24) is 4.90 Å². The normalized spacial score (nSPS) is 22.7. The third kappa shape index (κ3) is 2.33. The molecule has 2 aromatic carbocycles. The van der Waals surface area contributed by atoms with E-state index in [1.54, 1.807) is 0 Å². The number of carbonyl (C=O) groups is 2. The monoisotopic (exact) mass is 402 g/mol. The average Bonchev–Trinajstić information content (AvgIpc) is 3.36. The summed E-state index contributed by atoms with van der Waals surface area (Å²) in [5.41, 5.74) is 3.48. The number of aliphatic imine (C=N–C) groups is 1. The Morgan fingerprint density at radius 1 is 0.900 bits per heavy atom. The molecule has 0 atom stereocenters. The molecule has 0 aromatic heterocycles. The number of rotatable bonds is 0. The number of nitrogens with zero attached hydrogens (tertiary/aromatic N) is 2. The van der Waals surface area contributed by atoms with Crippen molar-refractivity contribution in [1.29, 1.82) is 0 Å². The molecule has 2 spiro atoms. The van der Waals surface area contributed by atoms with Crippen LogP contribution < -0.4 is 0 Å². The van der Waals surface area contributed by atoms with Crippen molar-refractivity contribution >= 4 is 17.9 Å². The fourth-order valence-electron chi connectivity index (χ4n) is 5.40. The lowest BCUT2D eigenvalue weighted by Crippen LogP contribution is -2.47. The molecule has 6 nitrogen and oxygen atoms in total. The van der Waals surface area contributed by atoms with Gasteiger partial charge in [-0.1, -0.05) is 42.5 Å². The van der Waals surface area contributed by atoms with Gasteiger partial charge in [-0.2, -0.15) is 4.99 Å². The van der Waals surface area contributed by atoms with E-state index in [2.05, 4.69) is 17.1 Å². The van der Waals surface area contributed by atoms with Crippen LogP contribution in [0.2, 0.25) is 0 Å². The van der Waals surface area contributed by atoms with Gasteiger partial charge in [0.05, 0.1) is 5.56 Å². The topological polar surface area (TPSA) is 68.2 Å². The molecule has 0 saturated carbocycles. The SMILES string of the molecule is Cc1cccc2c1C(=O)OC21CCN(C2=NC(=O)C3(Cc4ccccc4C3)O2)CC1. The molecule has 1 fully saturated rings. The highest BCUT2D eigenvalue weighted by Crippen LogP contribution is 2.45. The summed E-state index contributed by atoms with van der Waals surface area (Å²) in [6, 6.07) is 14.4. The van der Waals surface area contributed by atoms with Crippen molar-refractivity contribution in [3.05, 3.63) is 70.3 Å². The number of amides is 1. The number of amidine groups is 1. The third-order valence-electron chi connectivity index (χ3n) is 7.04. The number of hydrogen-bond donors (Lipinski definition) is 0. The molecule has 3 heterocycles. The molecule has 1 amide bonds. The lowest BCUT2D eigenvalue weighted by atomic mass is 9.83. The van der Waals surface area contributed by atoms with Gasteiger partial charge in [-0.05, 0) is 23.6 Å². The zero-order valence-electron chi connectivity index (χ0n) is 16.8. The Morgan fingerprint density at radius 2 is 1.60 bits per heavy atom. The van der Waals surface area contributed by atoms with Crippen LogP contribution >= 0.6 is 0 Å². The van der Waals surface area contributed by atoms with E-state index in [1.165, 1.54) is 0 Å². The van der Waals surface area contributed by atoms with E-state index in [9.17, 15) is 9.59 Å². The Hall–Kier alpha value is -3.15. The van der Waals surface area contributed by atoms with Crippen LogP contribution in [-0.2, 0) is 32.7 Å². The summed E-state index contributed by atoms with van der Waals surface area (Å²) in [4.78, 5) is 31.6. The van der Waals surface area contributed by atoms with Crippen LogP contribution in [0.25, 0.3) is 0 Å². The van der Waals surface area contributed by atoms with E-state index in [0.29, 0.717) is 50.4 Å².